The molecule has 142 valence electrons. The number of aromatic nitrogens is 1. The Labute approximate surface area is 161 Å². The molecule has 2 fully saturated rings. The number of nitrogens with zero attached hydrogens (tertiary/aromatic N) is 2. The van der Waals surface area contributed by atoms with E-state index in [1.54, 1.807) is 6.20 Å². The van der Waals surface area contributed by atoms with E-state index < -0.39 is 0 Å². The van der Waals surface area contributed by atoms with Crippen molar-refractivity contribution in [2.45, 2.75) is 70.6 Å². The van der Waals surface area contributed by atoms with Crippen molar-refractivity contribution < 1.29 is 9.53 Å². The standard InChI is InChI=1S/C23H28N2O2/c1-16-6-7-18(13-17(16)2)8-11-23(26)25-19-9-10-20(25)15-21(14-19)27-22-5-3-4-12-24-22/h3-7,12-13,19-21H,8-11,14-15H2,1-2H3. The highest BCUT2D eigenvalue weighted by Gasteiger charge is 2.43. The fourth-order valence-corrected chi connectivity index (χ4v) is 4.56. The molecule has 4 rings (SSSR count). The maximum atomic E-state index is 12.9. The van der Waals surface area contributed by atoms with E-state index in [2.05, 4.69) is 41.9 Å². The quantitative estimate of drug-likeness (QED) is 0.797. The average Bonchev–Trinajstić information content (AvgIpc) is 2.94. The number of ether oxygens (including phenoxy) is 1. The number of amides is 1. The molecule has 2 saturated heterocycles. The number of rotatable bonds is 5. The van der Waals surface area contributed by atoms with Gasteiger partial charge in [0.05, 0.1) is 0 Å². The Bertz CT molecular complexity index is 791. The van der Waals surface area contributed by atoms with Crippen molar-refractivity contribution in [2.24, 2.45) is 0 Å². The first-order chi connectivity index (χ1) is 13.1. The van der Waals surface area contributed by atoms with Gasteiger partial charge < -0.3 is 9.64 Å². The summed E-state index contributed by atoms with van der Waals surface area (Å²) in [7, 11) is 0. The van der Waals surface area contributed by atoms with Crippen LogP contribution < -0.4 is 4.74 Å². The van der Waals surface area contributed by atoms with Gasteiger partial charge >= 0.3 is 0 Å². The van der Waals surface area contributed by atoms with Crippen LogP contribution in [-0.4, -0.2) is 34.0 Å². The zero-order valence-corrected chi connectivity index (χ0v) is 16.2. The van der Waals surface area contributed by atoms with Crippen LogP contribution in [0.2, 0.25) is 0 Å². The first-order valence-corrected chi connectivity index (χ1v) is 10.0. The molecule has 4 nitrogen and oxygen atoms in total. The number of hydrogen-bond acceptors (Lipinski definition) is 3. The van der Waals surface area contributed by atoms with Crippen molar-refractivity contribution in [3.8, 4) is 5.88 Å². The number of fused-ring (bicyclic) bond motifs is 2. The second kappa shape index (κ2) is 7.71. The molecule has 1 amide bonds. The largest absolute Gasteiger partial charge is 0.474 e. The summed E-state index contributed by atoms with van der Waals surface area (Å²) in [4.78, 5) is 19.4. The smallest absolute Gasteiger partial charge is 0.223 e. The minimum atomic E-state index is 0.168. The lowest BCUT2D eigenvalue weighted by Crippen LogP contribution is -2.49. The Morgan fingerprint density at radius 1 is 1.11 bits per heavy atom. The molecule has 4 heteroatoms. The van der Waals surface area contributed by atoms with E-state index in [4.69, 9.17) is 4.74 Å². The molecule has 3 heterocycles. The first kappa shape index (κ1) is 18.0. The predicted octanol–water partition coefficient (Wildman–Crippen LogP) is 4.23. The normalized spacial score (nSPS) is 24.1. The summed E-state index contributed by atoms with van der Waals surface area (Å²) in [6.45, 7) is 4.26. The van der Waals surface area contributed by atoms with Gasteiger partial charge in [-0.15, -0.1) is 0 Å². The molecule has 27 heavy (non-hydrogen) atoms. The second-order valence-electron chi connectivity index (χ2n) is 7.98. The summed E-state index contributed by atoms with van der Waals surface area (Å²) in [6.07, 6.45) is 7.39. The zero-order chi connectivity index (χ0) is 18.8. The lowest BCUT2D eigenvalue weighted by molar-refractivity contribution is -0.137. The third kappa shape index (κ3) is 4.00. The fourth-order valence-electron chi connectivity index (χ4n) is 4.56. The van der Waals surface area contributed by atoms with Crippen molar-refractivity contribution in [3.63, 3.8) is 0 Å². The topological polar surface area (TPSA) is 42.4 Å². The van der Waals surface area contributed by atoms with Crippen LogP contribution in [0.3, 0.4) is 0 Å². The third-order valence-electron chi connectivity index (χ3n) is 6.10. The molecule has 0 spiro atoms. The SMILES string of the molecule is Cc1ccc(CCC(=O)N2C3CCC2CC(Oc2ccccn2)C3)cc1C. The van der Waals surface area contributed by atoms with E-state index in [-0.39, 0.29) is 6.10 Å². The number of carbonyl (C=O) groups excluding carboxylic acids is 1. The van der Waals surface area contributed by atoms with Gasteiger partial charge in [0.15, 0.2) is 0 Å². The molecule has 2 unspecified atom stereocenters. The summed E-state index contributed by atoms with van der Waals surface area (Å²) in [5.74, 6) is 0.994. The second-order valence-corrected chi connectivity index (χ2v) is 7.98. The number of pyridine rings is 1. The molecule has 2 aliphatic rings. The Morgan fingerprint density at radius 3 is 2.56 bits per heavy atom. The van der Waals surface area contributed by atoms with Crippen molar-refractivity contribution >= 4 is 5.91 Å². The molecular weight excluding hydrogens is 336 g/mol. The Balaban J connectivity index is 1.34. The third-order valence-corrected chi connectivity index (χ3v) is 6.10. The zero-order valence-electron chi connectivity index (χ0n) is 16.2. The number of hydrogen-bond donors (Lipinski definition) is 0. The van der Waals surface area contributed by atoms with Crippen LogP contribution in [-0.2, 0) is 11.2 Å². The first-order valence-electron chi connectivity index (χ1n) is 10.0. The molecule has 0 aliphatic carbocycles. The van der Waals surface area contributed by atoms with E-state index >= 15 is 0 Å². The molecule has 1 aromatic carbocycles. The lowest BCUT2D eigenvalue weighted by Gasteiger charge is -2.38. The van der Waals surface area contributed by atoms with E-state index in [0.717, 1.165) is 32.1 Å². The minimum Gasteiger partial charge on any atom is -0.474 e. The summed E-state index contributed by atoms with van der Waals surface area (Å²) in [6, 6.07) is 12.9. The van der Waals surface area contributed by atoms with E-state index in [9.17, 15) is 4.79 Å². The van der Waals surface area contributed by atoms with Crippen LogP contribution in [0.5, 0.6) is 5.88 Å². The van der Waals surface area contributed by atoms with Crippen LogP contribution >= 0.6 is 0 Å². The predicted molar refractivity (Wildman–Crippen MR) is 106 cm³/mol. The van der Waals surface area contributed by atoms with Crippen molar-refractivity contribution in [1.82, 2.24) is 9.88 Å². The molecule has 2 aromatic rings. The van der Waals surface area contributed by atoms with Crippen LogP contribution in [0.4, 0.5) is 0 Å². The molecule has 0 saturated carbocycles. The summed E-state index contributed by atoms with van der Waals surface area (Å²) in [5.41, 5.74) is 3.86. The van der Waals surface area contributed by atoms with Gasteiger partial charge in [0.2, 0.25) is 11.8 Å². The molecule has 2 aliphatic heterocycles. The average molecular weight is 364 g/mol. The maximum absolute atomic E-state index is 12.9. The molecule has 0 radical (unpaired) electrons. The van der Waals surface area contributed by atoms with E-state index in [1.807, 2.05) is 18.2 Å². The molecular formula is C23H28N2O2. The number of carbonyl (C=O) groups is 1. The summed E-state index contributed by atoms with van der Waals surface area (Å²) >= 11 is 0. The van der Waals surface area contributed by atoms with Crippen molar-refractivity contribution in [3.05, 3.63) is 59.3 Å². The summed E-state index contributed by atoms with van der Waals surface area (Å²) < 4.78 is 6.07. The van der Waals surface area contributed by atoms with Gasteiger partial charge in [-0.25, -0.2) is 4.98 Å². The Kier molecular flexibility index (Phi) is 5.15. The maximum Gasteiger partial charge on any atom is 0.223 e. The van der Waals surface area contributed by atoms with Gasteiger partial charge in [0, 0.05) is 43.6 Å². The van der Waals surface area contributed by atoms with Crippen LogP contribution in [0.25, 0.3) is 0 Å². The van der Waals surface area contributed by atoms with Crippen LogP contribution in [0.15, 0.2) is 42.6 Å². The highest BCUT2D eigenvalue weighted by Crippen LogP contribution is 2.37. The Hall–Kier alpha value is -2.36. The molecule has 1 aromatic heterocycles. The van der Waals surface area contributed by atoms with Gasteiger partial charge in [-0.3, -0.25) is 4.79 Å². The molecule has 2 atom stereocenters. The van der Waals surface area contributed by atoms with Gasteiger partial charge in [0.25, 0.3) is 0 Å². The van der Waals surface area contributed by atoms with Gasteiger partial charge in [-0.05, 0) is 55.9 Å². The highest BCUT2D eigenvalue weighted by molar-refractivity contribution is 5.77. The number of piperidine rings is 1. The van der Waals surface area contributed by atoms with Crippen LogP contribution in [0.1, 0.15) is 48.8 Å². The van der Waals surface area contributed by atoms with Crippen LogP contribution in [0, 0.1) is 13.8 Å². The van der Waals surface area contributed by atoms with Gasteiger partial charge in [-0.1, -0.05) is 24.3 Å². The summed E-state index contributed by atoms with van der Waals surface area (Å²) in [5, 5.41) is 0. The Morgan fingerprint density at radius 2 is 1.89 bits per heavy atom. The monoisotopic (exact) mass is 364 g/mol. The van der Waals surface area contributed by atoms with E-state index in [0.29, 0.717) is 30.3 Å². The molecule has 2 bridgehead atoms. The van der Waals surface area contributed by atoms with Gasteiger partial charge in [-0.2, -0.15) is 0 Å². The van der Waals surface area contributed by atoms with Gasteiger partial charge in [0.1, 0.15) is 6.10 Å². The van der Waals surface area contributed by atoms with E-state index in [1.165, 1.54) is 16.7 Å². The number of aryl methyl sites for hydroxylation is 3. The lowest BCUT2D eigenvalue weighted by atomic mass is 9.98. The highest BCUT2D eigenvalue weighted by atomic mass is 16.5. The van der Waals surface area contributed by atoms with Crippen molar-refractivity contribution in [2.75, 3.05) is 0 Å². The fraction of sp³-hybridized carbons (Fsp3) is 0.478. The van der Waals surface area contributed by atoms with Crippen molar-refractivity contribution in [1.29, 1.82) is 0 Å². The minimum absolute atomic E-state index is 0.168. The molecule has 0 N–H and O–H groups in total. The number of benzene rings is 1.